The van der Waals surface area contributed by atoms with Crippen molar-refractivity contribution in [1.82, 2.24) is 9.78 Å². The van der Waals surface area contributed by atoms with Crippen molar-refractivity contribution in [3.05, 3.63) is 39.5 Å². The van der Waals surface area contributed by atoms with Gasteiger partial charge in [0.15, 0.2) is 0 Å². The molecule has 0 saturated heterocycles. The topological polar surface area (TPSA) is 73.0 Å². The van der Waals surface area contributed by atoms with Gasteiger partial charge in [-0.3, -0.25) is 14.8 Å². The molecule has 96 valence electrons. The Balaban J connectivity index is 1.95. The molecule has 2 aromatic heterocycles. The van der Waals surface area contributed by atoms with Gasteiger partial charge in [-0.05, 0) is 19.4 Å². The van der Waals surface area contributed by atoms with E-state index >= 15 is 0 Å². The highest BCUT2D eigenvalue weighted by molar-refractivity contribution is 7.13. The van der Waals surface area contributed by atoms with Crippen LogP contribution >= 0.6 is 11.3 Å². The summed E-state index contributed by atoms with van der Waals surface area (Å²) in [4.78, 5) is 10.2. The van der Waals surface area contributed by atoms with Gasteiger partial charge in [-0.1, -0.05) is 11.3 Å². The van der Waals surface area contributed by atoms with E-state index < -0.39 is 0 Å². The summed E-state index contributed by atoms with van der Waals surface area (Å²) in [6.07, 6.45) is 3.67. The second-order valence-electron chi connectivity index (χ2n) is 4.21. The van der Waals surface area contributed by atoms with E-state index in [2.05, 4.69) is 24.3 Å². The largest absolute Gasteiger partial charge is 0.378 e. The molecule has 0 radical (unpaired) electrons. The molecule has 2 rings (SSSR count). The summed E-state index contributed by atoms with van der Waals surface area (Å²) in [6.45, 7) is 4.67. The number of thiophene rings is 1. The molecule has 0 atom stereocenters. The maximum Gasteiger partial charge on any atom is 0.324 e. The normalized spacial score (nSPS) is 10.8. The molecule has 0 aliphatic rings. The second kappa shape index (κ2) is 5.18. The Hall–Kier alpha value is -1.89. The molecule has 2 heterocycles. The summed E-state index contributed by atoms with van der Waals surface area (Å²) in [7, 11) is 0. The average Bonchev–Trinajstić information content (AvgIpc) is 2.95. The van der Waals surface area contributed by atoms with Crippen LogP contribution < -0.4 is 5.32 Å². The quantitative estimate of drug-likeness (QED) is 0.666. The van der Waals surface area contributed by atoms with Crippen LogP contribution in [0, 0.1) is 10.1 Å². The van der Waals surface area contributed by atoms with Gasteiger partial charge in [0, 0.05) is 30.2 Å². The van der Waals surface area contributed by atoms with Gasteiger partial charge in [-0.25, -0.2) is 0 Å². The minimum atomic E-state index is -0.370. The predicted octanol–water partition coefficient (Wildman–Crippen LogP) is 3.05. The van der Waals surface area contributed by atoms with Gasteiger partial charge in [-0.15, -0.1) is 0 Å². The molecule has 6 nitrogen and oxygen atoms in total. The molecule has 1 N–H and O–H groups in total. The Morgan fingerprint density at radius 1 is 1.61 bits per heavy atom. The summed E-state index contributed by atoms with van der Waals surface area (Å²) < 4.78 is 1.86. The van der Waals surface area contributed by atoms with Crippen LogP contribution in [0.5, 0.6) is 0 Å². The fourth-order valence-electron chi connectivity index (χ4n) is 1.47. The van der Waals surface area contributed by atoms with Crippen LogP contribution in [-0.4, -0.2) is 14.7 Å². The molecule has 0 aromatic carbocycles. The number of aromatic nitrogens is 2. The van der Waals surface area contributed by atoms with Crippen molar-refractivity contribution in [3.63, 3.8) is 0 Å². The minimum absolute atomic E-state index is 0.171. The third kappa shape index (κ3) is 2.86. The van der Waals surface area contributed by atoms with Gasteiger partial charge < -0.3 is 5.32 Å². The van der Waals surface area contributed by atoms with Crippen LogP contribution in [0.3, 0.4) is 0 Å². The van der Waals surface area contributed by atoms with Gasteiger partial charge in [0.05, 0.1) is 16.8 Å². The molecule has 0 aliphatic heterocycles. The Morgan fingerprint density at radius 2 is 2.39 bits per heavy atom. The highest BCUT2D eigenvalue weighted by Gasteiger charge is 2.09. The van der Waals surface area contributed by atoms with E-state index in [0.29, 0.717) is 12.6 Å². The number of nitro groups is 1. The van der Waals surface area contributed by atoms with E-state index in [1.165, 1.54) is 0 Å². The lowest BCUT2D eigenvalue weighted by Crippen LogP contribution is -2.00. The van der Waals surface area contributed by atoms with E-state index in [0.717, 1.165) is 22.6 Å². The zero-order valence-electron chi connectivity index (χ0n) is 10.2. The van der Waals surface area contributed by atoms with Crippen LogP contribution in [0.2, 0.25) is 0 Å². The Labute approximate surface area is 108 Å². The average molecular weight is 266 g/mol. The zero-order valence-corrected chi connectivity index (χ0v) is 11.0. The van der Waals surface area contributed by atoms with Crippen LogP contribution in [0.25, 0.3) is 0 Å². The summed E-state index contributed by atoms with van der Waals surface area (Å²) in [5, 5.41) is 19.9. The van der Waals surface area contributed by atoms with Gasteiger partial charge in [0.2, 0.25) is 0 Å². The first-order valence-electron chi connectivity index (χ1n) is 5.56. The van der Waals surface area contributed by atoms with E-state index in [1.54, 1.807) is 17.6 Å². The molecule has 2 aromatic rings. The molecular weight excluding hydrogens is 252 g/mol. The molecule has 0 bridgehead atoms. The lowest BCUT2D eigenvalue weighted by Gasteiger charge is -2.03. The van der Waals surface area contributed by atoms with Crippen molar-refractivity contribution in [2.75, 3.05) is 5.32 Å². The van der Waals surface area contributed by atoms with Crippen molar-refractivity contribution >= 4 is 22.0 Å². The zero-order chi connectivity index (χ0) is 13.1. The molecule has 0 spiro atoms. The number of rotatable bonds is 5. The third-order valence-corrected chi connectivity index (χ3v) is 3.38. The lowest BCUT2D eigenvalue weighted by atomic mass is 10.3. The van der Waals surface area contributed by atoms with Gasteiger partial charge in [0.1, 0.15) is 0 Å². The van der Waals surface area contributed by atoms with Crippen molar-refractivity contribution in [2.24, 2.45) is 0 Å². The Morgan fingerprint density at radius 3 is 2.94 bits per heavy atom. The molecule has 0 aliphatic carbocycles. The van der Waals surface area contributed by atoms with Crippen molar-refractivity contribution in [3.8, 4) is 0 Å². The first-order valence-corrected chi connectivity index (χ1v) is 6.44. The third-order valence-electron chi connectivity index (χ3n) is 2.45. The van der Waals surface area contributed by atoms with Crippen LogP contribution in [0.1, 0.15) is 25.5 Å². The monoisotopic (exact) mass is 266 g/mol. The molecule has 18 heavy (non-hydrogen) atoms. The number of hydrogen-bond acceptors (Lipinski definition) is 5. The fraction of sp³-hybridized carbons (Fsp3) is 0.364. The Bertz CT molecular complexity index is 547. The summed E-state index contributed by atoms with van der Waals surface area (Å²) in [5.74, 6) is 0. The molecule has 0 amide bonds. The highest BCUT2D eigenvalue weighted by atomic mass is 32.1. The summed E-state index contributed by atoms with van der Waals surface area (Å²) in [5.41, 5.74) is 1.82. The molecule has 7 heteroatoms. The van der Waals surface area contributed by atoms with Crippen LogP contribution in [-0.2, 0) is 6.54 Å². The number of anilines is 1. The predicted molar refractivity (Wildman–Crippen MR) is 70.9 cm³/mol. The van der Waals surface area contributed by atoms with E-state index in [1.807, 2.05) is 10.9 Å². The SMILES string of the molecule is CC(C)n1cc(NCc2csc([N+](=O)[O-])c2)cn1. The van der Waals surface area contributed by atoms with Crippen molar-refractivity contribution < 1.29 is 4.92 Å². The van der Waals surface area contributed by atoms with Crippen LogP contribution in [0.4, 0.5) is 10.7 Å². The first-order chi connectivity index (χ1) is 8.56. The first kappa shape index (κ1) is 12.6. The maximum absolute atomic E-state index is 10.5. The molecular formula is C11H14N4O2S. The fourth-order valence-corrected chi connectivity index (χ4v) is 2.20. The van der Waals surface area contributed by atoms with Crippen molar-refractivity contribution in [2.45, 2.75) is 26.4 Å². The maximum atomic E-state index is 10.5. The lowest BCUT2D eigenvalue weighted by molar-refractivity contribution is -0.380. The summed E-state index contributed by atoms with van der Waals surface area (Å²) >= 11 is 1.14. The summed E-state index contributed by atoms with van der Waals surface area (Å²) in [6, 6.07) is 1.91. The highest BCUT2D eigenvalue weighted by Crippen LogP contribution is 2.23. The van der Waals surface area contributed by atoms with Gasteiger partial charge >= 0.3 is 5.00 Å². The Kier molecular flexibility index (Phi) is 3.61. The number of nitrogens with one attached hydrogen (secondary N) is 1. The second-order valence-corrected chi connectivity index (χ2v) is 5.10. The van der Waals surface area contributed by atoms with Crippen LogP contribution in [0.15, 0.2) is 23.8 Å². The molecule has 0 unspecified atom stereocenters. The van der Waals surface area contributed by atoms with E-state index in [4.69, 9.17) is 0 Å². The van der Waals surface area contributed by atoms with Gasteiger partial charge in [0.25, 0.3) is 0 Å². The van der Waals surface area contributed by atoms with E-state index in [9.17, 15) is 10.1 Å². The van der Waals surface area contributed by atoms with Crippen molar-refractivity contribution in [1.29, 1.82) is 0 Å². The van der Waals surface area contributed by atoms with E-state index in [-0.39, 0.29) is 9.92 Å². The van der Waals surface area contributed by atoms with Gasteiger partial charge in [-0.2, -0.15) is 5.10 Å². The number of nitrogens with zero attached hydrogens (tertiary/aromatic N) is 3. The standard InChI is InChI=1S/C11H14N4O2S/c1-8(2)14-6-10(5-13-14)12-4-9-3-11(15(16)17)18-7-9/h3,5-8,12H,4H2,1-2H3. The molecule has 0 fully saturated rings. The minimum Gasteiger partial charge on any atom is -0.378 e. The molecule has 0 saturated carbocycles. The number of hydrogen-bond donors (Lipinski definition) is 1. The smallest absolute Gasteiger partial charge is 0.324 e.